The van der Waals surface area contributed by atoms with Gasteiger partial charge in [-0.3, -0.25) is 0 Å². The fourth-order valence-corrected chi connectivity index (χ4v) is 2.47. The highest BCUT2D eigenvalue weighted by molar-refractivity contribution is 5.43. The zero-order valence-electron chi connectivity index (χ0n) is 10.2. The highest BCUT2D eigenvalue weighted by Gasteiger charge is 2.27. The Labute approximate surface area is 97.1 Å². The second kappa shape index (κ2) is 4.42. The molecule has 1 aromatic rings. The number of pyridine rings is 1. The molecule has 0 saturated carbocycles. The van der Waals surface area contributed by atoms with E-state index >= 15 is 0 Å². The number of hydrogen-bond acceptors (Lipinski definition) is 3. The van der Waals surface area contributed by atoms with E-state index < -0.39 is 6.10 Å². The van der Waals surface area contributed by atoms with Crippen LogP contribution >= 0.6 is 0 Å². The van der Waals surface area contributed by atoms with E-state index in [1.54, 1.807) is 13.1 Å². The van der Waals surface area contributed by atoms with Crippen LogP contribution in [0.15, 0.2) is 18.3 Å². The summed E-state index contributed by atoms with van der Waals surface area (Å²) in [6.45, 7) is 7.36. The van der Waals surface area contributed by atoms with Crippen LogP contribution in [0, 0.1) is 5.92 Å². The summed E-state index contributed by atoms with van der Waals surface area (Å²) in [4.78, 5) is 6.73. The molecule has 1 aliphatic heterocycles. The predicted molar refractivity (Wildman–Crippen MR) is 65.5 cm³/mol. The van der Waals surface area contributed by atoms with Crippen LogP contribution in [0.2, 0.25) is 0 Å². The van der Waals surface area contributed by atoms with Crippen LogP contribution in [0.3, 0.4) is 0 Å². The van der Waals surface area contributed by atoms with Crippen LogP contribution in [0.5, 0.6) is 0 Å². The molecule has 3 atom stereocenters. The van der Waals surface area contributed by atoms with Crippen molar-refractivity contribution in [2.24, 2.45) is 5.92 Å². The van der Waals surface area contributed by atoms with Crippen molar-refractivity contribution in [1.29, 1.82) is 0 Å². The Hall–Kier alpha value is -1.09. The number of hydrogen-bond donors (Lipinski definition) is 1. The maximum absolute atomic E-state index is 9.56. The Balaban J connectivity index is 2.23. The molecule has 3 unspecified atom stereocenters. The summed E-state index contributed by atoms with van der Waals surface area (Å²) in [5.41, 5.74) is 0.941. The van der Waals surface area contributed by atoms with Gasteiger partial charge in [-0.1, -0.05) is 6.92 Å². The Kier molecular flexibility index (Phi) is 3.15. The van der Waals surface area contributed by atoms with Gasteiger partial charge in [0.2, 0.25) is 0 Å². The Morgan fingerprint density at radius 2 is 2.25 bits per heavy atom. The highest BCUT2D eigenvalue weighted by Crippen LogP contribution is 2.28. The molecule has 1 aromatic heterocycles. The standard InChI is InChI=1S/C13H20N2O/c1-9-6-10(2)15(8-9)13-7-12(11(3)16)4-5-14-13/h4-5,7,9-11,16H,6,8H2,1-3H3. The molecule has 0 spiro atoms. The van der Waals surface area contributed by atoms with E-state index in [0.29, 0.717) is 6.04 Å². The third-order valence-electron chi connectivity index (χ3n) is 3.33. The highest BCUT2D eigenvalue weighted by atomic mass is 16.3. The van der Waals surface area contributed by atoms with E-state index in [4.69, 9.17) is 0 Å². The second-order valence-electron chi connectivity index (χ2n) is 4.97. The molecule has 0 amide bonds. The van der Waals surface area contributed by atoms with Gasteiger partial charge < -0.3 is 10.0 Å². The van der Waals surface area contributed by atoms with Crippen LogP contribution in [0.25, 0.3) is 0 Å². The number of rotatable bonds is 2. The summed E-state index contributed by atoms with van der Waals surface area (Å²) in [6, 6.07) is 4.42. The zero-order valence-corrected chi connectivity index (χ0v) is 10.2. The van der Waals surface area contributed by atoms with Crippen molar-refractivity contribution in [2.45, 2.75) is 39.3 Å². The Morgan fingerprint density at radius 1 is 1.50 bits per heavy atom. The molecule has 0 radical (unpaired) electrons. The van der Waals surface area contributed by atoms with Crippen molar-refractivity contribution in [3.05, 3.63) is 23.9 Å². The first-order chi connectivity index (χ1) is 7.58. The van der Waals surface area contributed by atoms with Gasteiger partial charge in [-0.2, -0.15) is 0 Å². The van der Waals surface area contributed by atoms with Crippen LogP contribution in [0.4, 0.5) is 5.82 Å². The number of anilines is 1. The SMILES string of the molecule is CC1CC(C)N(c2cc(C(C)O)ccn2)C1. The third-order valence-corrected chi connectivity index (χ3v) is 3.33. The van der Waals surface area contributed by atoms with E-state index in [0.717, 1.165) is 23.8 Å². The van der Waals surface area contributed by atoms with Gasteiger partial charge in [-0.15, -0.1) is 0 Å². The molecule has 3 nitrogen and oxygen atoms in total. The smallest absolute Gasteiger partial charge is 0.129 e. The molecule has 88 valence electrons. The summed E-state index contributed by atoms with van der Waals surface area (Å²) in [5, 5.41) is 9.56. The molecule has 0 aromatic carbocycles. The summed E-state index contributed by atoms with van der Waals surface area (Å²) in [7, 11) is 0. The number of aliphatic hydroxyl groups excluding tert-OH is 1. The average Bonchev–Trinajstić information content (AvgIpc) is 2.58. The van der Waals surface area contributed by atoms with E-state index in [1.165, 1.54) is 6.42 Å². The molecule has 0 aliphatic carbocycles. The first kappa shape index (κ1) is 11.4. The lowest BCUT2D eigenvalue weighted by Crippen LogP contribution is -2.27. The van der Waals surface area contributed by atoms with Gasteiger partial charge in [-0.25, -0.2) is 4.98 Å². The molecule has 2 rings (SSSR count). The van der Waals surface area contributed by atoms with E-state index in [-0.39, 0.29) is 0 Å². The maximum Gasteiger partial charge on any atom is 0.129 e. The molecule has 1 N–H and O–H groups in total. The van der Waals surface area contributed by atoms with Gasteiger partial charge in [0.05, 0.1) is 6.10 Å². The lowest BCUT2D eigenvalue weighted by molar-refractivity contribution is 0.199. The molecule has 3 heteroatoms. The molecular weight excluding hydrogens is 200 g/mol. The normalized spacial score (nSPS) is 27.1. The minimum absolute atomic E-state index is 0.419. The fraction of sp³-hybridized carbons (Fsp3) is 0.615. The minimum Gasteiger partial charge on any atom is -0.389 e. The number of aromatic nitrogens is 1. The van der Waals surface area contributed by atoms with Crippen molar-refractivity contribution in [2.75, 3.05) is 11.4 Å². The molecule has 1 fully saturated rings. The Bertz CT molecular complexity index is 365. The minimum atomic E-state index is -0.419. The van der Waals surface area contributed by atoms with Crippen LogP contribution in [-0.4, -0.2) is 22.7 Å². The van der Waals surface area contributed by atoms with Gasteiger partial charge in [0, 0.05) is 18.8 Å². The predicted octanol–water partition coefficient (Wildman–Crippen LogP) is 2.37. The second-order valence-corrected chi connectivity index (χ2v) is 4.97. The molecule has 1 saturated heterocycles. The van der Waals surface area contributed by atoms with Gasteiger partial charge in [-0.05, 0) is 43.9 Å². The summed E-state index contributed by atoms with van der Waals surface area (Å²) in [5.74, 6) is 1.72. The van der Waals surface area contributed by atoms with Crippen LogP contribution < -0.4 is 4.90 Å². The van der Waals surface area contributed by atoms with Gasteiger partial charge in [0.1, 0.15) is 5.82 Å². The largest absolute Gasteiger partial charge is 0.389 e. The fourth-order valence-electron chi connectivity index (χ4n) is 2.47. The number of aliphatic hydroxyl groups is 1. The van der Waals surface area contributed by atoms with Crippen molar-refractivity contribution in [3.8, 4) is 0 Å². The van der Waals surface area contributed by atoms with Crippen molar-refractivity contribution in [1.82, 2.24) is 4.98 Å². The Morgan fingerprint density at radius 3 is 2.81 bits per heavy atom. The van der Waals surface area contributed by atoms with E-state index in [1.807, 2.05) is 12.1 Å². The van der Waals surface area contributed by atoms with Crippen molar-refractivity contribution in [3.63, 3.8) is 0 Å². The molecule has 2 heterocycles. The first-order valence-corrected chi connectivity index (χ1v) is 5.98. The quantitative estimate of drug-likeness (QED) is 0.831. The number of nitrogens with zero attached hydrogens (tertiary/aromatic N) is 2. The van der Waals surface area contributed by atoms with E-state index in [2.05, 4.69) is 23.7 Å². The summed E-state index contributed by atoms with van der Waals surface area (Å²) in [6.07, 6.45) is 2.59. The summed E-state index contributed by atoms with van der Waals surface area (Å²) >= 11 is 0. The van der Waals surface area contributed by atoms with Crippen molar-refractivity contribution >= 4 is 5.82 Å². The topological polar surface area (TPSA) is 36.4 Å². The lowest BCUT2D eigenvalue weighted by atomic mass is 10.1. The van der Waals surface area contributed by atoms with Gasteiger partial charge >= 0.3 is 0 Å². The molecular formula is C13H20N2O. The van der Waals surface area contributed by atoms with E-state index in [9.17, 15) is 5.11 Å². The molecule has 1 aliphatic rings. The maximum atomic E-state index is 9.56. The molecule has 16 heavy (non-hydrogen) atoms. The van der Waals surface area contributed by atoms with Crippen LogP contribution in [0.1, 0.15) is 38.9 Å². The van der Waals surface area contributed by atoms with Crippen molar-refractivity contribution < 1.29 is 5.11 Å². The summed E-state index contributed by atoms with van der Waals surface area (Å²) < 4.78 is 0. The molecule has 0 bridgehead atoms. The first-order valence-electron chi connectivity index (χ1n) is 5.98. The lowest BCUT2D eigenvalue weighted by Gasteiger charge is -2.23. The zero-order chi connectivity index (χ0) is 11.7. The third kappa shape index (κ3) is 2.19. The monoisotopic (exact) mass is 220 g/mol. The van der Waals surface area contributed by atoms with Crippen LogP contribution in [-0.2, 0) is 0 Å². The average molecular weight is 220 g/mol. The van der Waals surface area contributed by atoms with Gasteiger partial charge in [0.25, 0.3) is 0 Å². The van der Waals surface area contributed by atoms with Gasteiger partial charge in [0.15, 0.2) is 0 Å².